The summed E-state index contributed by atoms with van der Waals surface area (Å²) in [7, 11) is 1.19. The van der Waals surface area contributed by atoms with E-state index in [-0.39, 0.29) is 23.2 Å². The van der Waals surface area contributed by atoms with Crippen molar-refractivity contribution in [2.24, 2.45) is 0 Å². The van der Waals surface area contributed by atoms with Gasteiger partial charge < -0.3 is 18.9 Å². The number of allylic oxidation sites excluding steroid dienone is 1. The summed E-state index contributed by atoms with van der Waals surface area (Å²) in [6.07, 6.45) is 2.65. The van der Waals surface area contributed by atoms with Crippen molar-refractivity contribution >= 4 is 28.7 Å². The highest BCUT2D eigenvalue weighted by atomic mass is 19.1. The molecule has 0 unspecified atom stereocenters. The number of carbonyl (C=O) groups excluding carboxylic acids is 2. The number of halogens is 1. The number of hydrogen-bond acceptors (Lipinski definition) is 6. The van der Waals surface area contributed by atoms with Crippen molar-refractivity contribution in [1.29, 1.82) is 0 Å². The van der Waals surface area contributed by atoms with E-state index in [2.05, 4.69) is 4.74 Å². The summed E-state index contributed by atoms with van der Waals surface area (Å²) in [6.45, 7) is 6.76. The van der Waals surface area contributed by atoms with Gasteiger partial charge in [0.1, 0.15) is 11.4 Å². The van der Waals surface area contributed by atoms with Gasteiger partial charge in [-0.3, -0.25) is 9.69 Å². The Morgan fingerprint density at radius 2 is 1.93 bits per heavy atom. The molecule has 8 nitrogen and oxygen atoms in total. The average Bonchev–Trinajstić information content (AvgIpc) is 2.73. The molecule has 0 saturated carbocycles. The van der Waals surface area contributed by atoms with E-state index < -0.39 is 23.3 Å². The van der Waals surface area contributed by atoms with Crippen LogP contribution in [0.2, 0.25) is 0 Å². The fourth-order valence-corrected chi connectivity index (χ4v) is 3.51. The second-order valence-corrected chi connectivity index (χ2v) is 6.78. The number of aryl methyl sites for hydroxylation is 1. The number of anilines is 1. The number of carbonyl (C=O) groups is 2. The summed E-state index contributed by atoms with van der Waals surface area (Å²) in [5, 5.41) is 0.104. The molecule has 0 saturated heterocycles. The van der Waals surface area contributed by atoms with E-state index in [1.807, 2.05) is 6.92 Å². The SMILES string of the molecule is CCOC(=O)N1CCN(c2cc3c(cc2F)c(=O)c(C(=O)OC)cn3CC)C=C1C. The molecule has 0 bridgehead atoms. The Labute approximate surface area is 173 Å². The lowest BCUT2D eigenvalue weighted by molar-refractivity contribution is 0.0598. The Morgan fingerprint density at radius 1 is 1.20 bits per heavy atom. The third kappa shape index (κ3) is 3.74. The Balaban J connectivity index is 2.09. The van der Waals surface area contributed by atoms with Crippen molar-refractivity contribution in [2.45, 2.75) is 27.3 Å². The molecule has 0 spiro atoms. The van der Waals surface area contributed by atoms with Gasteiger partial charge in [0.15, 0.2) is 0 Å². The van der Waals surface area contributed by atoms with Crippen molar-refractivity contribution in [3.05, 3.63) is 51.8 Å². The number of amides is 1. The molecule has 0 fully saturated rings. The molecule has 1 aromatic heterocycles. The van der Waals surface area contributed by atoms with Crippen LogP contribution in [-0.2, 0) is 16.0 Å². The number of methoxy groups -OCH3 is 1. The van der Waals surface area contributed by atoms with Crippen molar-refractivity contribution in [3.63, 3.8) is 0 Å². The molecule has 160 valence electrons. The van der Waals surface area contributed by atoms with E-state index in [1.165, 1.54) is 18.2 Å². The summed E-state index contributed by atoms with van der Waals surface area (Å²) >= 11 is 0. The number of ether oxygens (including phenoxy) is 2. The Morgan fingerprint density at radius 3 is 2.53 bits per heavy atom. The van der Waals surface area contributed by atoms with Gasteiger partial charge in [-0.25, -0.2) is 14.0 Å². The number of aromatic nitrogens is 1. The zero-order valence-corrected chi connectivity index (χ0v) is 17.4. The van der Waals surface area contributed by atoms with E-state index in [0.717, 1.165) is 6.07 Å². The first-order valence-electron chi connectivity index (χ1n) is 9.66. The Kier molecular flexibility index (Phi) is 6.09. The molecule has 0 aliphatic carbocycles. The quantitative estimate of drug-likeness (QED) is 0.712. The molecular formula is C21H24FN3O5. The third-order valence-corrected chi connectivity index (χ3v) is 5.03. The predicted molar refractivity (Wildman–Crippen MR) is 110 cm³/mol. The Hall–Kier alpha value is -3.36. The van der Waals surface area contributed by atoms with Gasteiger partial charge >= 0.3 is 12.1 Å². The minimum Gasteiger partial charge on any atom is -0.465 e. The standard InChI is InChI=1S/C21H24FN3O5/c1-5-23-12-15(20(27)29-4)19(26)14-9-16(22)18(10-17(14)23)24-7-8-25(13(3)11-24)21(28)30-6-2/h9-12H,5-8H2,1-4H3. The van der Waals surface area contributed by atoms with E-state index in [9.17, 15) is 18.8 Å². The lowest BCUT2D eigenvalue weighted by Crippen LogP contribution is -2.41. The van der Waals surface area contributed by atoms with Gasteiger partial charge in [-0.2, -0.15) is 0 Å². The van der Waals surface area contributed by atoms with E-state index in [0.29, 0.717) is 30.8 Å². The lowest BCUT2D eigenvalue weighted by Gasteiger charge is -2.33. The first kappa shape index (κ1) is 21.4. The van der Waals surface area contributed by atoms with Gasteiger partial charge in [0.05, 0.1) is 24.9 Å². The van der Waals surface area contributed by atoms with Crippen LogP contribution in [-0.4, -0.2) is 48.3 Å². The van der Waals surface area contributed by atoms with Crippen LogP contribution in [0.5, 0.6) is 0 Å². The van der Waals surface area contributed by atoms with Gasteiger partial charge in [-0.15, -0.1) is 0 Å². The number of esters is 1. The van der Waals surface area contributed by atoms with Crippen LogP contribution in [0.25, 0.3) is 10.9 Å². The summed E-state index contributed by atoms with van der Waals surface area (Å²) in [6, 6.07) is 2.73. The summed E-state index contributed by atoms with van der Waals surface area (Å²) in [5.41, 5.74) is 0.681. The van der Waals surface area contributed by atoms with Gasteiger partial charge in [0, 0.05) is 43.1 Å². The number of pyridine rings is 1. The van der Waals surface area contributed by atoms with Crippen LogP contribution < -0.4 is 10.3 Å². The molecule has 1 aliphatic heterocycles. The molecule has 0 N–H and O–H groups in total. The van der Waals surface area contributed by atoms with Crippen LogP contribution in [0.1, 0.15) is 31.1 Å². The number of benzene rings is 1. The molecule has 2 aromatic rings. The fraction of sp³-hybridized carbons (Fsp3) is 0.381. The highest BCUT2D eigenvalue weighted by molar-refractivity contribution is 5.94. The maximum Gasteiger partial charge on any atom is 0.414 e. The number of rotatable bonds is 4. The second-order valence-electron chi connectivity index (χ2n) is 6.78. The molecule has 0 radical (unpaired) electrons. The van der Waals surface area contributed by atoms with Crippen LogP contribution in [0, 0.1) is 5.82 Å². The van der Waals surface area contributed by atoms with Crippen LogP contribution in [0.15, 0.2) is 35.0 Å². The molecule has 1 aliphatic rings. The smallest absolute Gasteiger partial charge is 0.414 e. The third-order valence-electron chi connectivity index (χ3n) is 5.03. The van der Waals surface area contributed by atoms with E-state index >= 15 is 0 Å². The molecule has 3 rings (SSSR count). The van der Waals surface area contributed by atoms with Gasteiger partial charge in [0.25, 0.3) is 0 Å². The fourth-order valence-electron chi connectivity index (χ4n) is 3.51. The molecule has 1 aromatic carbocycles. The minimum absolute atomic E-state index is 0.104. The van der Waals surface area contributed by atoms with Crippen molar-refractivity contribution in [3.8, 4) is 0 Å². The normalized spacial score (nSPS) is 14.0. The van der Waals surface area contributed by atoms with Crippen LogP contribution in [0.4, 0.5) is 14.9 Å². The summed E-state index contributed by atoms with van der Waals surface area (Å²) < 4.78 is 26.4. The maximum absolute atomic E-state index is 15.0. The van der Waals surface area contributed by atoms with Crippen LogP contribution in [0.3, 0.4) is 0 Å². The van der Waals surface area contributed by atoms with Crippen molar-refractivity contribution in [2.75, 3.05) is 31.7 Å². The summed E-state index contributed by atoms with van der Waals surface area (Å²) in [5.74, 6) is -1.36. The highest BCUT2D eigenvalue weighted by Crippen LogP contribution is 2.28. The zero-order valence-electron chi connectivity index (χ0n) is 17.4. The monoisotopic (exact) mass is 417 g/mol. The number of nitrogens with zero attached hydrogens (tertiary/aromatic N) is 3. The molecule has 1 amide bonds. The zero-order chi connectivity index (χ0) is 22.0. The second kappa shape index (κ2) is 8.56. The Bertz CT molecular complexity index is 1090. The lowest BCUT2D eigenvalue weighted by atomic mass is 10.1. The summed E-state index contributed by atoms with van der Waals surface area (Å²) in [4.78, 5) is 39.8. The van der Waals surface area contributed by atoms with Crippen molar-refractivity contribution in [1.82, 2.24) is 9.47 Å². The molecule has 9 heteroatoms. The first-order valence-corrected chi connectivity index (χ1v) is 9.66. The van der Waals surface area contributed by atoms with Gasteiger partial charge in [-0.05, 0) is 32.9 Å². The van der Waals surface area contributed by atoms with E-state index in [1.54, 1.807) is 35.6 Å². The number of hydrogen-bond donors (Lipinski definition) is 0. The maximum atomic E-state index is 15.0. The molecule has 0 atom stereocenters. The molecule has 30 heavy (non-hydrogen) atoms. The molecule has 2 heterocycles. The topological polar surface area (TPSA) is 81.1 Å². The molecular weight excluding hydrogens is 393 g/mol. The number of fused-ring (bicyclic) bond motifs is 1. The average molecular weight is 417 g/mol. The van der Waals surface area contributed by atoms with Gasteiger partial charge in [0.2, 0.25) is 5.43 Å². The van der Waals surface area contributed by atoms with Gasteiger partial charge in [-0.1, -0.05) is 0 Å². The minimum atomic E-state index is -0.762. The van der Waals surface area contributed by atoms with Crippen LogP contribution >= 0.6 is 0 Å². The largest absolute Gasteiger partial charge is 0.465 e. The highest BCUT2D eigenvalue weighted by Gasteiger charge is 2.25. The van der Waals surface area contributed by atoms with E-state index in [4.69, 9.17) is 4.74 Å². The predicted octanol–water partition coefficient (Wildman–Crippen LogP) is 3.09. The van der Waals surface area contributed by atoms with Crippen molar-refractivity contribution < 1.29 is 23.5 Å². The first-order chi connectivity index (χ1) is 14.3.